The van der Waals surface area contributed by atoms with Gasteiger partial charge < -0.3 is 10.2 Å². The van der Waals surface area contributed by atoms with Gasteiger partial charge in [0.15, 0.2) is 0 Å². The summed E-state index contributed by atoms with van der Waals surface area (Å²) in [5.74, 6) is -0.105. The number of anilines is 2. The van der Waals surface area contributed by atoms with Crippen LogP contribution in [0.3, 0.4) is 0 Å². The summed E-state index contributed by atoms with van der Waals surface area (Å²) in [5, 5.41) is 3.68. The van der Waals surface area contributed by atoms with Crippen LogP contribution < -0.4 is 10.2 Å². The van der Waals surface area contributed by atoms with Crippen LogP contribution in [0.4, 0.5) is 11.4 Å². The lowest BCUT2D eigenvalue weighted by molar-refractivity contribution is -0.116. The van der Waals surface area contributed by atoms with Crippen molar-refractivity contribution < 1.29 is 4.79 Å². The first-order chi connectivity index (χ1) is 11.0. The zero-order chi connectivity index (χ0) is 16.8. The number of halogens is 2. The van der Waals surface area contributed by atoms with Crippen molar-refractivity contribution in [3.05, 3.63) is 58.1 Å². The third-order valence-corrected chi connectivity index (χ3v) is 4.30. The number of aryl methyl sites for hydroxylation is 1. The molecule has 0 heterocycles. The quantitative estimate of drug-likeness (QED) is 0.780. The number of hydrogen-bond donors (Lipinski definition) is 1. The van der Waals surface area contributed by atoms with Crippen LogP contribution in [0.5, 0.6) is 0 Å². The van der Waals surface area contributed by atoms with E-state index in [1.807, 2.05) is 12.1 Å². The SMILES string of the molecule is CCN(CCC(=O)Nc1c(Cl)cccc1Cl)c1ccccc1C. The molecule has 0 unspecified atom stereocenters. The maximum atomic E-state index is 12.2. The summed E-state index contributed by atoms with van der Waals surface area (Å²) in [4.78, 5) is 14.4. The van der Waals surface area contributed by atoms with Crippen molar-refractivity contribution in [3.8, 4) is 0 Å². The Kier molecular flexibility index (Phi) is 6.31. The molecule has 122 valence electrons. The molecule has 1 amide bonds. The molecule has 0 aliphatic rings. The number of para-hydroxylation sites is 2. The lowest BCUT2D eigenvalue weighted by Gasteiger charge is -2.24. The van der Waals surface area contributed by atoms with E-state index < -0.39 is 0 Å². The molecule has 0 aromatic heterocycles. The molecule has 0 radical (unpaired) electrons. The first-order valence-electron chi connectivity index (χ1n) is 7.57. The van der Waals surface area contributed by atoms with Crippen molar-refractivity contribution in [2.75, 3.05) is 23.3 Å². The van der Waals surface area contributed by atoms with E-state index in [0.717, 1.165) is 12.2 Å². The second-order valence-electron chi connectivity index (χ2n) is 5.26. The Labute approximate surface area is 147 Å². The lowest BCUT2D eigenvalue weighted by Crippen LogP contribution is -2.28. The van der Waals surface area contributed by atoms with Gasteiger partial charge in [-0.2, -0.15) is 0 Å². The average molecular weight is 351 g/mol. The average Bonchev–Trinajstić information content (AvgIpc) is 2.53. The predicted octanol–water partition coefficient (Wildman–Crippen LogP) is 5.16. The highest BCUT2D eigenvalue weighted by molar-refractivity contribution is 6.39. The minimum Gasteiger partial charge on any atom is -0.371 e. The van der Waals surface area contributed by atoms with Gasteiger partial charge in [-0.15, -0.1) is 0 Å². The number of nitrogens with zero attached hydrogens (tertiary/aromatic N) is 1. The van der Waals surface area contributed by atoms with Gasteiger partial charge in [-0.25, -0.2) is 0 Å². The molecule has 0 aliphatic heterocycles. The van der Waals surface area contributed by atoms with Gasteiger partial charge in [0.05, 0.1) is 15.7 Å². The third kappa shape index (κ3) is 4.63. The molecule has 5 heteroatoms. The summed E-state index contributed by atoms with van der Waals surface area (Å²) in [6.45, 7) is 5.62. The largest absolute Gasteiger partial charge is 0.371 e. The van der Waals surface area contributed by atoms with E-state index in [1.54, 1.807) is 18.2 Å². The molecule has 1 N–H and O–H groups in total. The Balaban J connectivity index is 1.99. The standard InChI is InChI=1S/C18H20Cl2N2O/c1-3-22(16-10-5-4-7-13(16)2)12-11-17(23)21-18-14(19)8-6-9-15(18)20/h4-10H,3,11-12H2,1-2H3,(H,21,23). The van der Waals surface area contributed by atoms with Crippen LogP contribution >= 0.6 is 23.2 Å². The van der Waals surface area contributed by atoms with Gasteiger partial charge in [0, 0.05) is 25.2 Å². The fourth-order valence-corrected chi connectivity index (χ4v) is 2.91. The molecule has 23 heavy (non-hydrogen) atoms. The maximum Gasteiger partial charge on any atom is 0.226 e. The van der Waals surface area contributed by atoms with Crippen LogP contribution in [0.2, 0.25) is 10.0 Å². The topological polar surface area (TPSA) is 32.3 Å². The molecule has 0 spiro atoms. The van der Waals surface area contributed by atoms with Crippen molar-refractivity contribution in [1.82, 2.24) is 0 Å². The van der Waals surface area contributed by atoms with Crippen LogP contribution in [0.15, 0.2) is 42.5 Å². The van der Waals surface area contributed by atoms with E-state index >= 15 is 0 Å². The van der Waals surface area contributed by atoms with Gasteiger partial charge in [0.2, 0.25) is 5.91 Å². The highest BCUT2D eigenvalue weighted by atomic mass is 35.5. The number of amides is 1. The monoisotopic (exact) mass is 350 g/mol. The van der Waals surface area contributed by atoms with Gasteiger partial charge in [-0.05, 0) is 37.6 Å². The Hall–Kier alpha value is -1.71. The van der Waals surface area contributed by atoms with E-state index in [0.29, 0.717) is 28.7 Å². The highest BCUT2D eigenvalue weighted by Crippen LogP contribution is 2.30. The smallest absolute Gasteiger partial charge is 0.226 e. The van der Waals surface area contributed by atoms with Crippen molar-refractivity contribution >= 4 is 40.5 Å². The van der Waals surface area contributed by atoms with Gasteiger partial charge in [-0.1, -0.05) is 47.5 Å². The van der Waals surface area contributed by atoms with Crippen LogP contribution in [0.1, 0.15) is 18.9 Å². The third-order valence-electron chi connectivity index (χ3n) is 3.67. The number of carbonyl (C=O) groups is 1. The van der Waals surface area contributed by atoms with E-state index in [4.69, 9.17) is 23.2 Å². The summed E-state index contributed by atoms with van der Waals surface area (Å²) in [5.41, 5.74) is 2.82. The molecule has 0 bridgehead atoms. The van der Waals surface area contributed by atoms with Crippen LogP contribution in [0.25, 0.3) is 0 Å². The number of nitrogens with one attached hydrogen (secondary N) is 1. The summed E-state index contributed by atoms with van der Waals surface area (Å²) >= 11 is 12.1. The first kappa shape index (κ1) is 17.6. The number of hydrogen-bond acceptors (Lipinski definition) is 2. The molecular weight excluding hydrogens is 331 g/mol. The number of carbonyl (C=O) groups excluding carboxylic acids is 1. The first-order valence-corrected chi connectivity index (χ1v) is 8.33. The summed E-state index contributed by atoms with van der Waals surface area (Å²) in [6.07, 6.45) is 0.365. The summed E-state index contributed by atoms with van der Waals surface area (Å²) < 4.78 is 0. The summed E-state index contributed by atoms with van der Waals surface area (Å²) in [7, 11) is 0. The number of rotatable bonds is 6. The van der Waals surface area contributed by atoms with Crippen LogP contribution in [-0.2, 0) is 4.79 Å². The fourth-order valence-electron chi connectivity index (χ4n) is 2.42. The normalized spacial score (nSPS) is 10.4. The highest BCUT2D eigenvalue weighted by Gasteiger charge is 2.12. The van der Waals surface area contributed by atoms with Gasteiger partial charge in [-0.3, -0.25) is 4.79 Å². The van der Waals surface area contributed by atoms with Crippen LogP contribution in [0, 0.1) is 6.92 Å². The zero-order valence-electron chi connectivity index (χ0n) is 13.3. The zero-order valence-corrected chi connectivity index (χ0v) is 14.8. The Morgan fingerprint density at radius 2 is 1.74 bits per heavy atom. The summed E-state index contributed by atoms with van der Waals surface area (Å²) in [6, 6.07) is 13.3. The predicted molar refractivity (Wildman–Crippen MR) is 98.8 cm³/mol. The molecular formula is C18H20Cl2N2O. The van der Waals surface area contributed by atoms with E-state index in [-0.39, 0.29) is 5.91 Å². The van der Waals surface area contributed by atoms with Gasteiger partial charge in [0.1, 0.15) is 0 Å². The van der Waals surface area contributed by atoms with Crippen molar-refractivity contribution in [1.29, 1.82) is 0 Å². The number of benzene rings is 2. The molecule has 3 nitrogen and oxygen atoms in total. The van der Waals surface area contributed by atoms with E-state index in [2.05, 4.69) is 36.2 Å². The molecule has 0 saturated heterocycles. The van der Waals surface area contributed by atoms with E-state index in [9.17, 15) is 4.79 Å². The Morgan fingerprint density at radius 1 is 1.09 bits per heavy atom. The molecule has 0 aliphatic carbocycles. The second kappa shape index (κ2) is 8.23. The second-order valence-corrected chi connectivity index (χ2v) is 6.08. The Bertz CT molecular complexity index is 668. The lowest BCUT2D eigenvalue weighted by atomic mass is 10.1. The molecule has 0 atom stereocenters. The van der Waals surface area contributed by atoms with Crippen molar-refractivity contribution in [3.63, 3.8) is 0 Å². The molecule has 2 aromatic carbocycles. The molecule has 2 aromatic rings. The van der Waals surface area contributed by atoms with E-state index in [1.165, 1.54) is 5.56 Å². The van der Waals surface area contributed by atoms with Crippen LogP contribution in [-0.4, -0.2) is 19.0 Å². The molecule has 0 fully saturated rings. The minimum absolute atomic E-state index is 0.105. The van der Waals surface area contributed by atoms with Gasteiger partial charge in [0.25, 0.3) is 0 Å². The molecule has 2 rings (SSSR count). The van der Waals surface area contributed by atoms with Gasteiger partial charge >= 0.3 is 0 Å². The maximum absolute atomic E-state index is 12.2. The van der Waals surface area contributed by atoms with Crippen molar-refractivity contribution in [2.45, 2.75) is 20.3 Å². The fraction of sp³-hybridized carbons (Fsp3) is 0.278. The van der Waals surface area contributed by atoms with Crippen molar-refractivity contribution in [2.24, 2.45) is 0 Å². The Morgan fingerprint density at radius 3 is 2.35 bits per heavy atom. The molecule has 0 saturated carbocycles. The minimum atomic E-state index is -0.105.